The molecule has 3 aromatic carbocycles. The van der Waals surface area contributed by atoms with Gasteiger partial charge in [0.15, 0.2) is 6.10 Å². The number of carbonyl (C=O) groups is 2. The normalized spacial score (nSPS) is 16.0. The van der Waals surface area contributed by atoms with Crippen LogP contribution in [0.4, 0.5) is 11.4 Å². The molecule has 4 rings (SSSR count). The van der Waals surface area contributed by atoms with Crippen LogP contribution in [0.2, 0.25) is 0 Å². The fourth-order valence-electron chi connectivity index (χ4n) is 3.53. The van der Waals surface area contributed by atoms with Crippen molar-refractivity contribution < 1.29 is 14.3 Å². The molecule has 0 fully saturated rings. The summed E-state index contributed by atoms with van der Waals surface area (Å²) in [5.41, 5.74) is 3.33. The summed E-state index contributed by atoms with van der Waals surface area (Å²) in [7, 11) is 0. The highest BCUT2D eigenvalue weighted by molar-refractivity contribution is 5.98. The molecule has 0 aliphatic carbocycles. The average Bonchev–Trinajstić information content (AvgIpc) is 2.79. The molecule has 2 atom stereocenters. The molecule has 0 radical (unpaired) electrons. The summed E-state index contributed by atoms with van der Waals surface area (Å²) in [6.07, 6.45) is -0.524. The van der Waals surface area contributed by atoms with Gasteiger partial charge in [-0.3, -0.25) is 9.59 Å². The SMILES string of the molecule is C[C@@H]1Oc2ccc(N[C@H](C)C(=O)NC(c3ccccc3)c3ccccc3)cc2NC1=O. The fraction of sp³-hybridized carbons (Fsp3) is 0.200. The monoisotopic (exact) mass is 415 g/mol. The molecule has 0 bridgehead atoms. The Morgan fingerprint density at radius 3 is 2.19 bits per heavy atom. The first-order valence-electron chi connectivity index (χ1n) is 10.3. The summed E-state index contributed by atoms with van der Waals surface area (Å²) in [5, 5.41) is 9.18. The second-order valence-corrected chi connectivity index (χ2v) is 7.59. The molecule has 0 spiro atoms. The molecule has 0 aromatic heterocycles. The number of hydrogen-bond donors (Lipinski definition) is 3. The molecule has 31 heavy (non-hydrogen) atoms. The second kappa shape index (κ2) is 8.92. The maximum atomic E-state index is 13.0. The van der Waals surface area contributed by atoms with Gasteiger partial charge in [-0.2, -0.15) is 0 Å². The Kier molecular flexibility index (Phi) is 5.89. The molecule has 0 saturated heterocycles. The highest BCUT2D eigenvalue weighted by Gasteiger charge is 2.24. The maximum absolute atomic E-state index is 13.0. The lowest BCUT2D eigenvalue weighted by molar-refractivity contribution is -0.123. The molecule has 3 aromatic rings. The molecule has 0 saturated carbocycles. The zero-order valence-electron chi connectivity index (χ0n) is 17.5. The van der Waals surface area contributed by atoms with Crippen molar-refractivity contribution in [1.82, 2.24) is 5.32 Å². The standard InChI is InChI=1S/C25H25N3O3/c1-16(26-20-13-14-22-21(15-20)27-25(30)17(2)31-22)24(29)28-23(18-9-5-3-6-10-18)19-11-7-4-8-12-19/h3-17,23,26H,1-2H3,(H,27,30)(H,28,29)/t16-,17+/m1/s1. The third kappa shape index (κ3) is 4.69. The Labute approximate surface area is 181 Å². The molecule has 2 amide bonds. The van der Waals surface area contributed by atoms with Crippen molar-refractivity contribution >= 4 is 23.2 Å². The first-order valence-corrected chi connectivity index (χ1v) is 10.3. The van der Waals surface area contributed by atoms with Crippen LogP contribution in [0.25, 0.3) is 0 Å². The van der Waals surface area contributed by atoms with Crippen molar-refractivity contribution in [1.29, 1.82) is 0 Å². The van der Waals surface area contributed by atoms with Crippen LogP contribution in [-0.2, 0) is 9.59 Å². The quantitative estimate of drug-likeness (QED) is 0.566. The van der Waals surface area contributed by atoms with E-state index in [9.17, 15) is 9.59 Å². The molecule has 158 valence electrons. The Hall–Kier alpha value is -3.80. The number of anilines is 2. The number of rotatable bonds is 6. The zero-order valence-corrected chi connectivity index (χ0v) is 17.5. The summed E-state index contributed by atoms with van der Waals surface area (Å²) in [6.45, 7) is 3.51. The van der Waals surface area contributed by atoms with Gasteiger partial charge in [0.05, 0.1) is 11.7 Å². The Balaban J connectivity index is 1.48. The van der Waals surface area contributed by atoms with Gasteiger partial charge in [0.25, 0.3) is 5.91 Å². The van der Waals surface area contributed by atoms with Crippen LogP contribution in [0.15, 0.2) is 78.9 Å². The Bertz CT molecular complexity index is 1030. The predicted molar refractivity (Wildman–Crippen MR) is 121 cm³/mol. The lowest BCUT2D eigenvalue weighted by atomic mass is 9.98. The average molecular weight is 415 g/mol. The van der Waals surface area contributed by atoms with Gasteiger partial charge in [-0.05, 0) is 43.2 Å². The van der Waals surface area contributed by atoms with Gasteiger partial charge in [0, 0.05) is 5.69 Å². The van der Waals surface area contributed by atoms with Gasteiger partial charge in [0.1, 0.15) is 11.8 Å². The molecular formula is C25H25N3O3. The minimum absolute atomic E-state index is 0.135. The molecule has 0 unspecified atom stereocenters. The largest absolute Gasteiger partial charge is 0.479 e. The van der Waals surface area contributed by atoms with E-state index in [1.165, 1.54) is 0 Å². The van der Waals surface area contributed by atoms with Gasteiger partial charge in [0.2, 0.25) is 5.91 Å². The fourth-order valence-corrected chi connectivity index (χ4v) is 3.53. The summed E-state index contributed by atoms with van der Waals surface area (Å²) < 4.78 is 5.58. The van der Waals surface area contributed by atoms with Gasteiger partial charge < -0.3 is 20.7 Å². The van der Waals surface area contributed by atoms with Gasteiger partial charge in [-0.1, -0.05) is 60.7 Å². The topological polar surface area (TPSA) is 79.5 Å². The smallest absolute Gasteiger partial charge is 0.265 e. The van der Waals surface area contributed by atoms with E-state index in [0.717, 1.165) is 16.8 Å². The number of fused-ring (bicyclic) bond motifs is 1. The third-order valence-electron chi connectivity index (χ3n) is 5.24. The lowest BCUT2D eigenvalue weighted by Gasteiger charge is -2.25. The molecule has 3 N–H and O–H groups in total. The van der Waals surface area contributed by atoms with Gasteiger partial charge in [-0.15, -0.1) is 0 Å². The summed E-state index contributed by atoms with van der Waals surface area (Å²) >= 11 is 0. The van der Waals surface area contributed by atoms with Gasteiger partial charge in [-0.25, -0.2) is 0 Å². The van der Waals surface area contributed by atoms with Crippen LogP contribution < -0.4 is 20.7 Å². The van der Waals surface area contributed by atoms with Crippen LogP contribution in [0.5, 0.6) is 5.75 Å². The number of ether oxygens (including phenoxy) is 1. The van der Waals surface area contributed by atoms with E-state index < -0.39 is 12.1 Å². The van der Waals surface area contributed by atoms with Crippen molar-refractivity contribution in [3.05, 3.63) is 90.0 Å². The Morgan fingerprint density at radius 2 is 1.58 bits per heavy atom. The number of hydrogen-bond acceptors (Lipinski definition) is 4. The van der Waals surface area contributed by atoms with Crippen molar-refractivity contribution in [2.45, 2.75) is 32.0 Å². The molecule has 1 aliphatic rings. The van der Waals surface area contributed by atoms with Crippen LogP contribution in [0.3, 0.4) is 0 Å². The van der Waals surface area contributed by atoms with E-state index in [-0.39, 0.29) is 17.9 Å². The summed E-state index contributed by atoms with van der Waals surface area (Å²) in [6, 6.07) is 24.4. The first kappa shape index (κ1) is 20.5. The molecule has 1 aliphatic heterocycles. The second-order valence-electron chi connectivity index (χ2n) is 7.59. The third-order valence-corrected chi connectivity index (χ3v) is 5.24. The minimum atomic E-state index is -0.524. The number of nitrogens with one attached hydrogen (secondary N) is 3. The van der Waals surface area contributed by atoms with Crippen LogP contribution in [0, 0.1) is 0 Å². The van der Waals surface area contributed by atoms with Gasteiger partial charge >= 0.3 is 0 Å². The Morgan fingerprint density at radius 1 is 0.968 bits per heavy atom. The highest BCUT2D eigenvalue weighted by Crippen LogP contribution is 2.32. The van der Waals surface area contributed by atoms with E-state index in [1.54, 1.807) is 26.0 Å². The highest BCUT2D eigenvalue weighted by atomic mass is 16.5. The summed E-state index contributed by atoms with van der Waals surface area (Å²) in [4.78, 5) is 24.9. The van der Waals surface area contributed by atoms with Crippen molar-refractivity contribution in [3.63, 3.8) is 0 Å². The zero-order chi connectivity index (χ0) is 21.8. The maximum Gasteiger partial charge on any atom is 0.265 e. The molecule has 1 heterocycles. The van der Waals surface area contributed by atoms with E-state index in [2.05, 4.69) is 16.0 Å². The van der Waals surface area contributed by atoms with E-state index in [1.807, 2.05) is 66.7 Å². The first-order chi connectivity index (χ1) is 15.0. The minimum Gasteiger partial charge on any atom is -0.479 e. The number of benzene rings is 3. The van der Waals surface area contributed by atoms with E-state index in [0.29, 0.717) is 11.4 Å². The number of amides is 2. The molecule has 6 heteroatoms. The predicted octanol–water partition coefficient (Wildman–Crippen LogP) is 4.11. The lowest BCUT2D eigenvalue weighted by Crippen LogP contribution is -2.40. The van der Waals surface area contributed by atoms with Crippen molar-refractivity contribution in [2.24, 2.45) is 0 Å². The van der Waals surface area contributed by atoms with Crippen molar-refractivity contribution in [3.8, 4) is 5.75 Å². The molecule has 6 nitrogen and oxygen atoms in total. The van der Waals surface area contributed by atoms with Crippen LogP contribution >= 0.6 is 0 Å². The van der Waals surface area contributed by atoms with Crippen LogP contribution in [0.1, 0.15) is 31.0 Å². The van der Waals surface area contributed by atoms with E-state index >= 15 is 0 Å². The number of carbonyl (C=O) groups excluding carboxylic acids is 2. The molecular weight excluding hydrogens is 390 g/mol. The summed E-state index contributed by atoms with van der Waals surface area (Å²) in [5.74, 6) is 0.288. The van der Waals surface area contributed by atoms with Crippen LogP contribution in [-0.4, -0.2) is 24.0 Å². The van der Waals surface area contributed by atoms with E-state index in [4.69, 9.17) is 4.74 Å². The van der Waals surface area contributed by atoms with Crippen molar-refractivity contribution in [2.75, 3.05) is 10.6 Å².